The summed E-state index contributed by atoms with van der Waals surface area (Å²) in [6.07, 6.45) is 1.96. The minimum atomic E-state index is -2.97. The molecule has 0 heterocycles. The van der Waals surface area contributed by atoms with Crippen LogP contribution in [0.15, 0.2) is 133 Å². The van der Waals surface area contributed by atoms with Gasteiger partial charge in [0.15, 0.2) is 0 Å². The van der Waals surface area contributed by atoms with Gasteiger partial charge in [0.25, 0.3) is 5.91 Å². The van der Waals surface area contributed by atoms with E-state index in [1.807, 2.05) is 91.0 Å². The van der Waals surface area contributed by atoms with Gasteiger partial charge in [-0.25, -0.2) is 0 Å². The molecule has 0 unspecified atom stereocenters. The Kier molecular flexibility index (Phi) is 10.3. The standard InChI is InChI=1S/C45H37F2NO5/c1-52-35-20-12-29(13-21-35)7-6-26-48(44(51)32-18-22-36(23-19-32)53-45(46)47)41-25-24-39-38-11-5-3-8-33(38)27-40(39)43(41)31-16-14-30(15-17-31)37-10-4-2-9-34(37)28-42(49)50/h2-5,8-25,45H,6-7,26-28H2,1H3,(H,49,50). The molecule has 0 saturated carbocycles. The second-order valence-corrected chi connectivity index (χ2v) is 12.9. The van der Waals surface area contributed by atoms with Gasteiger partial charge in [-0.05, 0) is 112 Å². The highest BCUT2D eigenvalue weighted by molar-refractivity contribution is 6.09. The summed E-state index contributed by atoms with van der Waals surface area (Å²) in [5, 5.41) is 9.53. The molecule has 0 spiro atoms. The van der Waals surface area contributed by atoms with E-state index in [2.05, 4.69) is 22.9 Å². The van der Waals surface area contributed by atoms with Crippen LogP contribution in [0.25, 0.3) is 33.4 Å². The minimum absolute atomic E-state index is 0.0244. The molecule has 0 fully saturated rings. The molecule has 6 nitrogen and oxygen atoms in total. The van der Waals surface area contributed by atoms with E-state index in [4.69, 9.17) is 4.74 Å². The zero-order valence-electron chi connectivity index (χ0n) is 29.1. The molecule has 0 aliphatic heterocycles. The molecule has 0 radical (unpaired) electrons. The average molecular weight is 710 g/mol. The molecule has 7 rings (SSSR count). The van der Waals surface area contributed by atoms with Crippen molar-refractivity contribution in [1.82, 2.24) is 0 Å². The van der Waals surface area contributed by atoms with Gasteiger partial charge in [0, 0.05) is 17.7 Å². The maximum atomic E-state index is 14.5. The number of carbonyl (C=O) groups is 2. The van der Waals surface area contributed by atoms with Gasteiger partial charge in [0.05, 0.1) is 19.2 Å². The summed E-state index contributed by atoms with van der Waals surface area (Å²) >= 11 is 0. The number of aryl methyl sites for hydroxylation is 1. The smallest absolute Gasteiger partial charge is 0.387 e. The SMILES string of the molecule is COc1ccc(CCCN(C(=O)c2ccc(OC(F)F)cc2)c2ccc3c(c2-c2ccc(-c4ccccc4CC(=O)O)cc2)Cc2ccccc2-3)cc1. The third-order valence-electron chi connectivity index (χ3n) is 9.68. The minimum Gasteiger partial charge on any atom is -0.497 e. The summed E-state index contributed by atoms with van der Waals surface area (Å²) in [5.41, 5.74) is 11.1. The molecule has 6 aromatic rings. The first kappa shape index (κ1) is 35.1. The summed E-state index contributed by atoms with van der Waals surface area (Å²) in [4.78, 5) is 28.0. The molecule has 1 aliphatic carbocycles. The van der Waals surface area contributed by atoms with E-state index >= 15 is 0 Å². The lowest BCUT2D eigenvalue weighted by molar-refractivity contribution is -0.136. The monoisotopic (exact) mass is 709 g/mol. The van der Waals surface area contributed by atoms with Crippen molar-refractivity contribution in [2.45, 2.75) is 32.3 Å². The molecule has 1 amide bonds. The molecular formula is C45H37F2NO5. The highest BCUT2D eigenvalue weighted by Crippen LogP contribution is 2.46. The van der Waals surface area contributed by atoms with Gasteiger partial charge in [-0.2, -0.15) is 8.78 Å². The van der Waals surface area contributed by atoms with Crippen LogP contribution in [0.1, 0.15) is 39.0 Å². The molecule has 0 atom stereocenters. The zero-order valence-corrected chi connectivity index (χ0v) is 29.1. The molecule has 266 valence electrons. The lowest BCUT2D eigenvalue weighted by Crippen LogP contribution is -2.33. The number of anilines is 1. The molecule has 0 bridgehead atoms. The van der Waals surface area contributed by atoms with Gasteiger partial charge in [-0.15, -0.1) is 0 Å². The second kappa shape index (κ2) is 15.5. The van der Waals surface area contributed by atoms with E-state index in [0.29, 0.717) is 31.4 Å². The number of rotatable bonds is 13. The van der Waals surface area contributed by atoms with Crippen LogP contribution < -0.4 is 14.4 Å². The predicted molar refractivity (Wildman–Crippen MR) is 203 cm³/mol. The fourth-order valence-electron chi connectivity index (χ4n) is 7.18. The first-order valence-corrected chi connectivity index (χ1v) is 17.4. The third kappa shape index (κ3) is 7.67. The molecule has 1 N–H and O–H groups in total. The highest BCUT2D eigenvalue weighted by atomic mass is 19.3. The number of carboxylic acids is 1. The third-order valence-corrected chi connectivity index (χ3v) is 9.68. The summed E-state index contributed by atoms with van der Waals surface area (Å²) < 4.78 is 35.7. The van der Waals surface area contributed by atoms with E-state index < -0.39 is 12.6 Å². The number of nitrogens with zero attached hydrogens (tertiary/aromatic N) is 1. The molecule has 8 heteroatoms. The summed E-state index contributed by atoms with van der Waals surface area (Å²) in [7, 11) is 1.63. The van der Waals surface area contributed by atoms with Crippen molar-refractivity contribution < 1.29 is 33.0 Å². The Bertz CT molecular complexity index is 2250. The van der Waals surface area contributed by atoms with Crippen LogP contribution in [0.4, 0.5) is 14.5 Å². The Balaban J connectivity index is 1.31. The Morgan fingerprint density at radius 1 is 0.736 bits per heavy atom. The molecule has 6 aromatic carbocycles. The fraction of sp³-hybridized carbons (Fsp3) is 0.156. The molecule has 0 saturated heterocycles. The number of carboxylic acid groups (broad SMARTS) is 1. The summed E-state index contributed by atoms with van der Waals surface area (Å²) in [6, 6.07) is 41.6. The van der Waals surface area contributed by atoms with Crippen LogP contribution in [0, 0.1) is 0 Å². The number of hydrogen-bond donors (Lipinski definition) is 1. The van der Waals surface area contributed by atoms with Crippen molar-refractivity contribution in [3.05, 3.63) is 161 Å². The number of aliphatic carboxylic acids is 1. The van der Waals surface area contributed by atoms with Gasteiger partial charge < -0.3 is 19.5 Å². The van der Waals surface area contributed by atoms with Crippen molar-refractivity contribution in [2.75, 3.05) is 18.6 Å². The Morgan fingerprint density at radius 3 is 2.09 bits per heavy atom. The summed E-state index contributed by atoms with van der Waals surface area (Å²) in [5.74, 6) is -0.418. The number of fused-ring (bicyclic) bond motifs is 3. The molecular weight excluding hydrogens is 672 g/mol. The van der Waals surface area contributed by atoms with Crippen molar-refractivity contribution in [2.24, 2.45) is 0 Å². The predicted octanol–water partition coefficient (Wildman–Crippen LogP) is 10.1. The Labute approximate surface area is 306 Å². The van der Waals surface area contributed by atoms with E-state index in [1.165, 1.54) is 29.8 Å². The van der Waals surface area contributed by atoms with Crippen molar-refractivity contribution in [3.63, 3.8) is 0 Å². The van der Waals surface area contributed by atoms with Gasteiger partial charge in [-0.3, -0.25) is 9.59 Å². The van der Waals surface area contributed by atoms with Gasteiger partial charge in [-0.1, -0.05) is 91.0 Å². The second-order valence-electron chi connectivity index (χ2n) is 12.9. The van der Waals surface area contributed by atoms with Gasteiger partial charge in [0.2, 0.25) is 0 Å². The number of methoxy groups -OCH3 is 1. The van der Waals surface area contributed by atoms with E-state index in [-0.39, 0.29) is 18.1 Å². The normalized spacial score (nSPS) is 11.5. The zero-order chi connectivity index (χ0) is 36.9. The largest absolute Gasteiger partial charge is 0.497 e. The number of amides is 1. The fourth-order valence-corrected chi connectivity index (χ4v) is 7.18. The van der Waals surface area contributed by atoms with E-state index in [1.54, 1.807) is 12.0 Å². The van der Waals surface area contributed by atoms with E-state index in [0.717, 1.165) is 61.5 Å². The van der Waals surface area contributed by atoms with Crippen LogP contribution in [-0.4, -0.2) is 37.2 Å². The maximum Gasteiger partial charge on any atom is 0.387 e. The lowest BCUT2D eigenvalue weighted by Gasteiger charge is -2.28. The van der Waals surface area contributed by atoms with Crippen molar-refractivity contribution >= 4 is 17.6 Å². The van der Waals surface area contributed by atoms with Crippen LogP contribution in [0.2, 0.25) is 0 Å². The number of ether oxygens (including phenoxy) is 2. The van der Waals surface area contributed by atoms with Crippen LogP contribution in [-0.2, 0) is 24.1 Å². The topological polar surface area (TPSA) is 76.1 Å². The number of hydrogen-bond acceptors (Lipinski definition) is 4. The maximum absolute atomic E-state index is 14.5. The number of carbonyl (C=O) groups excluding carboxylic acids is 1. The summed E-state index contributed by atoms with van der Waals surface area (Å²) in [6.45, 7) is -2.58. The quantitative estimate of drug-likeness (QED) is 0.129. The van der Waals surface area contributed by atoms with Crippen LogP contribution in [0.3, 0.4) is 0 Å². The van der Waals surface area contributed by atoms with Crippen LogP contribution >= 0.6 is 0 Å². The lowest BCUT2D eigenvalue weighted by atomic mass is 9.91. The first-order valence-electron chi connectivity index (χ1n) is 17.4. The van der Waals surface area contributed by atoms with Crippen LogP contribution in [0.5, 0.6) is 11.5 Å². The van der Waals surface area contributed by atoms with Gasteiger partial charge in [0.1, 0.15) is 11.5 Å². The molecule has 0 aromatic heterocycles. The van der Waals surface area contributed by atoms with Crippen molar-refractivity contribution in [3.8, 4) is 44.9 Å². The van der Waals surface area contributed by atoms with Gasteiger partial charge >= 0.3 is 12.6 Å². The molecule has 53 heavy (non-hydrogen) atoms. The first-order chi connectivity index (χ1) is 25.8. The highest BCUT2D eigenvalue weighted by Gasteiger charge is 2.28. The molecule has 1 aliphatic rings. The number of halogens is 2. The number of benzene rings is 6. The Morgan fingerprint density at radius 2 is 1.40 bits per heavy atom. The van der Waals surface area contributed by atoms with Crippen molar-refractivity contribution in [1.29, 1.82) is 0 Å². The average Bonchev–Trinajstić information content (AvgIpc) is 3.55. The Hall–Kier alpha value is -6.28. The van der Waals surface area contributed by atoms with E-state index in [9.17, 15) is 23.5 Å². The number of alkyl halides is 2.